The van der Waals surface area contributed by atoms with Crippen LogP contribution in [0.15, 0.2) is 24.3 Å². The summed E-state index contributed by atoms with van der Waals surface area (Å²) >= 11 is 0. The van der Waals surface area contributed by atoms with Crippen molar-refractivity contribution in [1.29, 1.82) is 0 Å². The molecule has 1 aromatic rings. The summed E-state index contributed by atoms with van der Waals surface area (Å²) in [4.78, 5) is 17.0. The highest BCUT2D eigenvalue weighted by Gasteiger charge is 2.24. The Kier molecular flexibility index (Phi) is 6.27. The first-order valence-electron chi connectivity index (χ1n) is 9.34. The van der Waals surface area contributed by atoms with Crippen molar-refractivity contribution in [3.05, 3.63) is 35.4 Å². The number of amides is 1. The van der Waals surface area contributed by atoms with E-state index in [2.05, 4.69) is 41.0 Å². The van der Waals surface area contributed by atoms with Gasteiger partial charge in [0.15, 0.2) is 0 Å². The summed E-state index contributed by atoms with van der Waals surface area (Å²) in [5, 5.41) is 0. The van der Waals surface area contributed by atoms with E-state index in [9.17, 15) is 4.79 Å². The van der Waals surface area contributed by atoms with Crippen LogP contribution in [0.1, 0.15) is 30.4 Å². The van der Waals surface area contributed by atoms with Gasteiger partial charge in [0.1, 0.15) is 0 Å². The maximum Gasteiger partial charge on any atom is 0.222 e. The van der Waals surface area contributed by atoms with Gasteiger partial charge in [-0.1, -0.05) is 29.8 Å². The fraction of sp³-hybridized carbons (Fsp3) is 0.650. The summed E-state index contributed by atoms with van der Waals surface area (Å²) in [6.45, 7) is 9.01. The van der Waals surface area contributed by atoms with Gasteiger partial charge in [-0.15, -0.1) is 0 Å². The number of rotatable bonds is 5. The Labute approximate surface area is 145 Å². The van der Waals surface area contributed by atoms with Crippen LogP contribution in [0.25, 0.3) is 0 Å². The lowest BCUT2D eigenvalue weighted by Gasteiger charge is -2.36. The van der Waals surface area contributed by atoms with Crippen LogP contribution >= 0.6 is 0 Å². The molecule has 2 aliphatic rings. The quantitative estimate of drug-likeness (QED) is 0.831. The molecule has 0 N–H and O–H groups in total. The minimum Gasteiger partial charge on any atom is -0.379 e. The monoisotopic (exact) mass is 330 g/mol. The molecular weight excluding hydrogens is 300 g/mol. The van der Waals surface area contributed by atoms with Gasteiger partial charge in [0, 0.05) is 39.1 Å². The molecule has 0 aromatic heterocycles. The van der Waals surface area contributed by atoms with Gasteiger partial charge in [0.05, 0.1) is 13.2 Å². The molecular formula is C20H30N2O2. The first kappa shape index (κ1) is 17.4. The summed E-state index contributed by atoms with van der Waals surface area (Å²) in [5.74, 6) is 1.06. The highest BCUT2D eigenvalue weighted by atomic mass is 16.5. The van der Waals surface area contributed by atoms with Crippen molar-refractivity contribution in [3.63, 3.8) is 0 Å². The first-order chi connectivity index (χ1) is 11.7. The highest BCUT2D eigenvalue weighted by Crippen LogP contribution is 2.20. The Morgan fingerprint density at radius 3 is 2.42 bits per heavy atom. The number of aryl methyl sites for hydroxylation is 2. The predicted molar refractivity (Wildman–Crippen MR) is 96.1 cm³/mol. The van der Waals surface area contributed by atoms with Gasteiger partial charge in [0.2, 0.25) is 5.91 Å². The van der Waals surface area contributed by atoms with Crippen molar-refractivity contribution in [2.24, 2.45) is 5.92 Å². The van der Waals surface area contributed by atoms with Crippen LogP contribution in [-0.2, 0) is 16.0 Å². The van der Waals surface area contributed by atoms with Gasteiger partial charge in [-0.25, -0.2) is 0 Å². The molecule has 0 atom stereocenters. The second-order valence-electron chi connectivity index (χ2n) is 7.22. The average molecular weight is 330 g/mol. The van der Waals surface area contributed by atoms with Gasteiger partial charge >= 0.3 is 0 Å². The second-order valence-corrected chi connectivity index (χ2v) is 7.22. The molecule has 0 bridgehead atoms. The molecule has 0 spiro atoms. The number of piperidine rings is 1. The zero-order chi connectivity index (χ0) is 16.8. The molecule has 1 aromatic carbocycles. The van der Waals surface area contributed by atoms with Crippen molar-refractivity contribution in [2.75, 3.05) is 45.9 Å². The molecule has 0 radical (unpaired) electrons. The Hall–Kier alpha value is -1.39. The molecule has 0 saturated carbocycles. The smallest absolute Gasteiger partial charge is 0.222 e. The number of morpholine rings is 1. The SMILES string of the molecule is Cc1ccc(CCC(=O)N2CCC(CN3CCOCC3)CC2)cc1. The summed E-state index contributed by atoms with van der Waals surface area (Å²) in [5.41, 5.74) is 2.53. The third-order valence-corrected chi connectivity index (χ3v) is 5.34. The van der Waals surface area contributed by atoms with Crippen LogP contribution in [0.3, 0.4) is 0 Å². The molecule has 2 saturated heterocycles. The molecule has 0 unspecified atom stereocenters. The van der Waals surface area contributed by atoms with Crippen LogP contribution in [-0.4, -0.2) is 61.6 Å². The molecule has 4 nitrogen and oxygen atoms in total. The minimum absolute atomic E-state index is 0.320. The lowest BCUT2D eigenvalue weighted by Crippen LogP contribution is -2.44. The Morgan fingerprint density at radius 1 is 1.08 bits per heavy atom. The van der Waals surface area contributed by atoms with E-state index in [0.717, 1.165) is 64.6 Å². The summed E-state index contributed by atoms with van der Waals surface area (Å²) in [6, 6.07) is 8.52. The minimum atomic E-state index is 0.320. The zero-order valence-electron chi connectivity index (χ0n) is 14.9. The van der Waals surface area contributed by atoms with Crippen LogP contribution in [0.4, 0.5) is 0 Å². The van der Waals surface area contributed by atoms with Gasteiger partial charge in [-0.05, 0) is 37.7 Å². The summed E-state index contributed by atoms with van der Waals surface area (Å²) < 4.78 is 5.41. The topological polar surface area (TPSA) is 32.8 Å². The van der Waals surface area contributed by atoms with Gasteiger partial charge in [0.25, 0.3) is 0 Å². The van der Waals surface area contributed by atoms with E-state index in [-0.39, 0.29) is 0 Å². The van der Waals surface area contributed by atoms with Crippen LogP contribution in [0, 0.1) is 12.8 Å². The fourth-order valence-electron chi connectivity index (χ4n) is 3.68. The molecule has 2 fully saturated rings. The van der Waals surface area contributed by atoms with E-state index in [4.69, 9.17) is 4.74 Å². The summed E-state index contributed by atoms with van der Waals surface area (Å²) in [6.07, 6.45) is 3.78. The number of hydrogen-bond acceptors (Lipinski definition) is 3. The molecule has 2 heterocycles. The van der Waals surface area contributed by atoms with Gasteiger partial charge < -0.3 is 9.64 Å². The van der Waals surface area contributed by atoms with Crippen LogP contribution in [0.2, 0.25) is 0 Å². The number of benzene rings is 1. The Balaban J connectivity index is 1.37. The molecule has 2 aliphatic heterocycles. The number of hydrogen-bond donors (Lipinski definition) is 0. The molecule has 4 heteroatoms. The van der Waals surface area contributed by atoms with Gasteiger partial charge in [-0.3, -0.25) is 9.69 Å². The summed E-state index contributed by atoms with van der Waals surface area (Å²) in [7, 11) is 0. The maximum absolute atomic E-state index is 12.4. The predicted octanol–water partition coefficient (Wildman–Crippen LogP) is 2.50. The standard InChI is InChI=1S/C20H30N2O2/c1-17-2-4-18(5-3-17)6-7-20(23)22-10-8-19(9-11-22)16-21-12-14-24-15-13-21/h2-5,19H,6-16H2,1H3. The van der Waals surface area contributed by atoms with E-state index in [1.807, 2.05) is 0 Å². The van der Waals surface area contributed by atoms with E-state index in [1.165, 1.54) is 17.7 Å². The van der Waals surface area contributed by atoms with E-state index >= 15 is 0 Å². The third-order valence-electron chi connectivity index (χ3n) is 5.34. The average Bonchev–Trinajstić information content (AvgIpc) is 2.62. The first-order valence-corrected chi connectivity index (χ1v) is 9.34. The number of carbonyl (C=O) groups is 1. The normalized spacial score (nSPS) is 20.3. The number of likely N-dealkylation sites (tertiary alicyclic amines) is 1. The van der Waals surface area contributed by atoms with Crippen molar-refractivity contribution in [1.82, 2.24) is 9.80 Å². The third kappa shape index (κ3) is 5.05. The maximum atomic E-state index is 12.4. The fourth-order valence-corrected chi connectivity index (χ4v) is 3.68. The molecule has 1 amide bonds. The number of nitrogens with zero attached hydrogens (tertiary/aromatic N) is 2. The second kappa shape index (κ2) is 8.63. The molecule has 0 aliphatic carbocycles. The van der Waals surface area contributed by atoms with Crippen molar-refractivity contribution in [2.45, 2.75) is 32.6 Å². The molecule has 3 rings (SSSR count). The van der Waals surface area contributed by atoms with E-state index < -0.39 is 0 Å². The zero-order valence-corrected chi connectivity index (χ0v) is 14.9. The molecule has 24 heavy (non-hydrogen) atoms. The van der Waals surface area contributed by atoms with Crippen molar-refractivity contribution in [3.8, 4) is 0 Å². The molecule has 132 valence electrons. The number of ether oxygens (including phenoxy) is 1. The highest BCUT2D eigenvalue weighted by molar-refractivity contribution is 5.76. The van der Waals surface area contributed by atoms with Crippen molar-refractivity contribution < 1.29 is 9.53 Å². The Morgan fingerprint density at radius 2 is 1.75 bits per heavy atom. The van der Waals surface area contributed by atoms with Gasteiger partial charge in [-0.2, -0.15) is 0 Å². The van der Waals surface area contributed by atoms with E-state index in [1.54, 1.807) is 0 Å². The largest absolute Gasteiger partial charge is 0.379 e. The Bertz CT molecular complexity index is 515. The lowest BCUT2D eigenvalue weighted by atomic mass is 9.95. The van der Waals surface area contributed by atoms with Crippen LogP contribution < -0.4 is 0 Å². The number of carbonyl (C=O) groups excluding carboxylic acids is 1. The van der Waals surface area contributed by atoms with Crippen LogP contribution in [0.5, 0.6) is 0 Å². The van der Waals surface area contributed by atoms with Crippen molar-refractivity contribution >= 4 is 5.91 Å². The lowest BCUT2D eigenvalue weighted by molar-refractivity contribution is -0.132. The van der Waals surface area contributed by atoms with E-state index in [0.29, 0.717) is 12.3 Å².